The van der Waals surface area contributed by atoms with E-state index >= 15 is 0 Å². The standard InChI is InChI=1S/C27H24O6/c28-27-21(19-8-2-1-3-9-19)18-20-12-13-24-26(25(20)33-27)32-17-7-15-30-23-11-5-4-10-22(23)29-14-6-16-31-24/h1-5,8-13,18H,6-7,14-17H2. The zero-order valence-corrected chi connectivity index (χ0v) is 18.1. The van der Waals surface area contributed by atoms with E-state index in [-0.39, 0.29) is 0 Å². The topological polar surface area (TPSA) is 67.1 Å². The fourth-order valence-electron chi connectivity index (χ4n) is 3.74. The van der Waals surface area contributed by atoms with Crippen LogP contribution >= 0.6 is 0 Å². The van der Waals surface area contributed by atoms with Gasteiger partial charge in [-0.2, -0.15) is 0 Å². The normalized spacial score (nSPS) is 14.4. The summed E-state index contributed by atoms with van der Waals surface area (Å²) < 4.78 is 29.5. The first-order valence-corrected chi connectivity index (χ1v) is 11.1. The lowest BCUT2D eigenvalue weighted by atomic mass is 10.1. The van der Waals surface area contributed by atoms with Gasteiger partial charge in [-0.25, -0.2) is 4.79 Å². The minimum Gasteiger partial charge on any atom is -0.490 e. The van der Waals surface area contributed by atoms with Gasteiger partial charge in [-0.3, -0.25) is 0 Å². The van der Waals surface area contributed by atoms with Crippen molar-refractivity contribution in [2.75, 3.05) is 26.4 Å². The number of hydrogen-bond donors (Lipinski definition) is 0. The van der Waals surface area contributed by atoms with E-state index in [2.05, 4.69) is 0 Å². The van der Waals surface area contributed by atoms with Gasteiger partial charge in [0.2, 0.25) is 5.75 Å². The van der Waals surface area contributed by atoms with Crippen LogP contribution in [0.25, 0.3) is 22.1 Å². The van der Waals surface area contributed by atoms with Gasteiger partial charge in [-0.15, -0.1) is 0 Å². The second-order valence-electron chi connectivity index (χ2n) is 7.67. The molecule has 0 saturated carbocycles. The molecule has 0 N–H and O–H groups in total. The summed E-state index contributed by atoms with van der Waals surface area (Å²) in [6.07, 6.45) is 1.30. The quantitative estimate of drug-likeness (QED) is 0.363. The second kappa shape index (κ2) is 9.69. The summed E-state index contributed by atoms with van der Waals surface area (Å²) in [6, 6.07) is 22.7. The molecule has 6 heteroatoms. The molecule has 1 aliphatic rings. The molecule has 168 valence electrons. The summed E-state index contributed by atoms with van der Waals surface area (Å²) in [5.41, 5.74) is 1.28. The van der Waals surface area contributed by atoms with Gasteiger partial charge in [-0.05, 0) is 35.9 Å². The van der Waals surface area contributed by atoms with Crippen LogP contribution in [0.2, 0.25) is 0 Å². The minimum atomic E-state index is -0.418. The monoisotopic (exact) mass is 444 g/mol. The Labute approximate surface area is 191 Å². The Kier molecular flexibility index (Phi) is 6.15. The predicted molar refractivity (Wildman–Crippen MR) is 126 cm³/mol. The van der Waals surface area contributed by atoms with E-state index in [1.165, 1.54) is 0 Å². The molecule has 1 aliphatic heterocycles. The van der Waals surface area contributed by atoms with Gasteiger partial charge in [0.1, 0.15) is 0 Å². The van der Waals surface area contributed by atoms with Crippen molar-refractivity contribution in [1.82, 2.24) is 0 Å². The molecule has 4 aromatic rings. The predicted octanol–water partition coefficient (Wildman–Crippen LogP) is 5.47. The average molecular weight is 444 g/mol. The van der Waals surface area contributed by atoms with Crippen molar-refractivity contribution >= 4 is 11.0 Å². The molecule has 33 heavy (non-hydrogen) atoms. The molecular weight excluding hydrogens is 420 g/mol. The Morgan fingerprint density at radius 3 is 1.91 bits per heavy atom. The first-order chi connectivity index (χ1) is 16.3. The molecule has 0 radical (unpaired) electrons. The van der Waals surface area contributed by atoms with E-state index in [1.807, 2.05) is 72.8 Å². The van der Waals surface area contributed by atoms with Crippen molar-refractivity contribution in [3.8, 4) is 34.1 Å². The van der Waals surface area contributed by atoms with Crippen LogP contribution < -0.4 is 24.6 Å². The van der Waals surface area contributed by atoms with Gasteiger partial charge in [0, 0.05) is 18.2 Å². The molecule has 0 atom stereocenters. The van der Waals surface area contributed by atoms with E-state index in [0.717, 1.165) is 16.7 Å². The van der Waals surface area contributed by atoms with Crippen LogP contribution in [0.1, 0.15) is 12.8 Å². The maximum Gasteiger partial charge on any atom is 0.344 e. The summed E-state index contributed by atoms with van der Waals surface area (Å²) in [7, 11) is 0. The zero-order valence-electron chi connectivity index (χ0n) is 18.1. The van der Waals surface area contributed by atoms with Crippen molar-refractivity contribution in [2.45, 2.75) is 12.8 Å². The van der Waals surface area contributed by atoms with Crippen LogP contribution in [-0.4, -0.2) is 26.4 Å². The third kappa shape index (κ3) is 4.65. The molecule has 0 saturated heterocycles. The Morgan fingerprint density at radius 2 is 1.21 bits per heavy atom. The highest BCUT2D eigenvalue weighted by Crippen LogP contribution is 2.37. The van der Waals surface area contributed by atoms with Crippen LogP contribution in [0.4, 0.5) is 0 Å². The number of para-hydroxylation sites is 2. The third-order valence-electron chi connectivity index (χ3n) is 5.35. The lowest BCUT2D eigenvalue weighted by Crippen LogP contribution is -2.11. The van der Waals surface area contributed by atoms with Crippen molar-refractivity contribution in [3.63, 3.8) is 0 Å². The molecule has 0 bridgehead atoms. The van der Waals surface area contributed by atoms with Crippen molar-refractivity contribution in [1.29, 1.82) is 0 Å². The lowest BCUT2D eigenvalue weighted by molar-refractivity contribution is 0.203. The fourth-order valence-corrected chi connectivity index (χ4v) is 3.74. The maximum atomic E-state index is 12.8. The van der Waals surface area contributed by atoms with Gasteiger partial charge >= 0.3 is 5.63 Å². The molecule has 5 rings (SSSR count). The van der Waals surface area contributed by atoms with Gasteiger partial charge in [0.05, 0.1) is 32.0 Å². The summed E-state index contributed by atoms with van der Waals surface area (Å²) in [5, 5.41) is 0.769. The Morgan fingerprint density at radius 1 is 0.606 bits per heavy atom. The van der Waals surface area contributed by atoms with E-state index in [9.17, 15) is 4.79 Å². The number of rotatable bonds is 1. The van der Waals surface area contributed by atoms with Crippen LogP contribution in [0, 0.1) is 0 Å². The fraction of sp³-hybridized carbons (Fsp3) is 0.222. The number of fused-ring (bicyclic) bond motifs is 4. The molecule has 0 spiro atoms. The number of ether oxygens (including phenoxy) is 4. The summed E-state index contributed by atoms with van der Waals surface area (Å²) >= 11 is 0. The summed E-state index contributed by atoms with van der Waals surface area (Å²) in [6.45, 7) is 1.75. The van der Waals surface area contributed by atoms with Crippen LogP contribution in [0.5, 0.6) is 23.0 Å². The molecule has 0 unspecified atom stereocenters. The molecule has 3 aromatic carbocycles. The molecule has 1 aromatic heterocycles. The first kappa shape index (κ1) is 20.9. The Balaban J connectivity index is 1.44. The molecule has 0 amide bonds. The van der Waals surface area contributed by atoms with E-state index in [0.29, 0.717) is 67.7 Å². The summed E-state index contributed by atoms with van der Waals surface area (Å²) in [4.78, 5) is 12.8. The maximum absolute atomic E-state index is 12.8. The van der Waals surface area contributed by atoms with Gasteiger partial charge in [0.15, 0.2) is 22.8 Å². The van der Waals surface area contributed by atoms with Gasteiger partial charge < -0.3 is 23.4 Å². The molecular formula is C27H24O6. The number of hydrogen-bond acceptors (Lipinski definition) is 6. The second-order valence-corrected chi connectivity index (χ2v) is 7.67. The molecule has 2 heterocycles. The lowest BCUT2D eigenvalue weighted by Gasteiger charge is -2.17. The highest BCUT2D eigenvalue weighted by molar-refractivity contribution is 5.88. The Bertz CT molecular complexity index is 1300. The van der Waals surface area contributed by atoms with Gasteiger partial charge in [0.25, 0.3) is 0 Å². The largest absolute Gasteiger partial charge is 0.490 e. The Hall–Kier alpha value is -3.93. The average Bonchev–Trinajstić information content (AvgIpc) is 2.85. The van der Waals surface area contributed by atoms with E-state index in [1.54, 1.807) is 0 Å². The zero-order chi connectivity index (χ0) is 22.5. The van der Waals surface area contributed by atoms with Crippen molar-refractivity contribution in [3.05, 3.63) is 83.2 Å². The van der Waals surface area contributed by atoms with Crippen molar-refractivity contribution in [2.24, 2.45) is 0 Å². The molecule has 0 aliphatic carbocycles. The van der Waals surface area contributed by atoms with Crippen LogP contribution in [-0.2, 0) is 0 Å². The molecule has 0 fully saturated rings. The smallest absolute Gasteiger partial charge is 0.344 e. The molecule has 6 nitrogen and oxygen atoms in total. The van der Waals surface area contributed by atoms with E-state index < -0.39 is 5.63 Å². The van der Waals surface area contributed by atoms with E-state index in [4.69, 9.17) is 23.4 Å². The van der Waals surface area contributed by atoms with Crippen LogP contribution in [0.15, 0.2) is 82.0 Å². The number of benzene rings is 3. The van der Waals surface area contributed by atoms with Gasteiger partial charge in [-0.1, -0.05) is 42.5 Å². The van der Waals surface area contributed by atoms with Crippen LogP contribution in [0.3, 0.4) is 0 Å². The third-order valence-corrected chi connectivity index (χ3v) is 5.35. The summed E-state index contributed by atoms with van der Waals surface area (Å²) in [5.74, 6) is 2.40. The van der Waals surface area contributed by atoms with Crippen molar-refractivity contribution < 1.29 is 23.4 Å². The first-order valence-electron chi connectivity index (χ1n) is 11.1. The minimum absolute atomic E-state index is 0.378. The highest BCUT2D eigenvalue weighted by Gasteiger charge is 2.17. The SMILES string of the molecule is O=c1oc2c3c(ccc2cc1-c1ccccc1)OCCCOc1ccccc1OCCCO3. The highest BCUT2D eigenvalue weighted by atomic mass is 16.5.